The van der Waals surface area contributed by atoms with Gasteiger partial charge in [0.25, 0.3) is 0 Å². The van der Waals surface area contributed by atoms with E-state index in [4.69, 9.17) is 24.0 Å². The van der Waals surface area contributed by atoms with Gasteiger partial charge in [0, 0.05) is 12.7 Å². The van der Waals surface area contributed by atoms with Gasteiger partial charge in [-0.25, -0.2) is 27.9 Å². The van der Waals surface area contributed by atoms with E-state index >= 15 is 0 Å². The van der Waals surface area contributed by atoms with Crippen LogP contribution in [0.1, 0.15) is 31.2 Å². The third kappa shape index (κ3) is 4.89. The fraction of sp³-hybridized carbons (Fsp3) is 0.476. The van der Waals surface area contributed by atoms with E-state index in [-0.39, 0.29) is 17.3 Å². The van der Waals surface area contributed by atoms with E-state index in [0.29, 0.717) is 23.1 Å². The number of phosphoric ester groups is 1. The SMILES string of the molecule is C[C@@]1(O)[C@H](O)[C@@H](COP2(=O)OCC[C@@H](c3ccc(S(C)(=O)=O)cc3)O2)O[C@H]1n1cnc2c(N)ncnc21. The van der Waals surface area contributed by atoms with Crippen LogP contribution in [0.25, 0.3) is 11.2 Å². The predicted molar refractivity (Wildman–Crippen MR) is 128 cm³/mol. The van der Waals surface area contributed by atoms with Gasteiger partial charge in [0.2, 0.25) is 0 Å². The Hall–Kier alpha value is -2.49. The van der Waals surface area contributed by atoms with Gasteiger partial charge < -0.3 is 20.7 Å². The molecule has 4 heterocycles. The van der Waals surface area contributed by atoms with Gasteiger partial charge in [-0.2, -0.15) is 0 Å². The number of fused-ring (bicyclic) bond motifs is 1. The number of aliphatic hydroxyl groups is 2. The number of hydrogen-bond donors (Lipinski definition) is 3. The van der Waals surface area contributed by atoms with E-state index in [1.54, 1.807) is 12.1 Å². The first-order valence-corrected chi connectivity index (χ1v) is 14.6. The highest BCUT2D eigenvalue weighted by molar-refractivity contribution is 7.90. The number of sulfone groups is 1. The number of rotatable bonds is 6. The topological polar surface area (TPSA) is 198 Å². The quantitative estimate of drug-likeness (QED) is 0.366. The molecule has 2 aromatic heterocycles. The van der Waals surface area contributed by atoms with Crippen molar-refractivity contribution in [1.82, 2.24) is 19.5 Å². The summed E-state index contributed by atoms with van der Waals surface area (Å²) in [5, 5.41) is 21.8. The van der Waals surface area contributed by atoms with E-state index in [2.05, 4.69) is 15.0 Å². The average Bonchev–Trinajstić information content (AvgIpc) is 3.37. The van der Waals surface area contributed by atoms with Gasteiger partial charge in [-0.05, 0) is 24.6 Å². The predicted octanol–water partition coefficient (Wildman–Crippen LogP) is 1.12. The first kappa shape index (κ1) is 26.1. The summed E-state index contributed by atoms with van der Waals surface area (Å²) in [6.45, 7) is 1.02. The van der Waals surface area contributed by atoms with Crippen LogP contribution in [-0.4, -0.2) is 75.4 Å². The Morgan fingerprint density at radius 2 is 2.00 bits per heavy atom. The molecule has 200 valence electrons. The zero-order chi connectivity index (χ0) is 26.6. The lowest BCUT2D eigenvalue weighted by Gasteiger charge is -2.30. The van der Waals surface area contributed by atoms with Crippen LogP contribution in [0.15, 0.2) is 41.8 Å². The highest BCUT2D eigenvalue weighted by Crippen LogP contribution is 2.57. The fourth-order valence-electron chi connectivity index (χ4n) is 4.32. The van der Waals surface area contributed by atoms with E-state index in [1.807, 2.05) is 0 Å². The molecular weight excluding hydrogens is 529 g/mol. The summed E-state index contributed by atoms with van der Waals surface area (Å²) in [5.74, 6) is 0.145. The lowest BCUT2D eigenvalue weighted by atomic mass is 9.96. The smallest absolute Gasteiger partial charge is 0.387 e. The third-order valence-corrected chi connectivity index (χ3v) is 8.96. The number of imidazole rings is 1. The molecule has 37 heavy (non-hydrogen) atoms. The average molecular weight is 556 g/mol. The second-order valence-electron chi connectivity index (χ2n) is 9.08. The van der Waals surface area contributed by atoms with Crippen LogP contribution in [0.2, 0.25) is 0 Å². The van der Waals surface area contributed by atoms with Crippen LogP contribution in [0.5, 0.6) is 0 Å². The van der Waals surface area contributed by atoms with Crippen molar-refractivity contribution >= 4 is 34.6 Å². The number of nitrogen functional groups attached to an aromatic ring is 1. The van der Waals surface area contributed by atoms with Crippen molar-refractivity contribution in [2.75, 3.05) is 25.2 Å². The van der Waals surface area contributed by atoms with Crippen LogP contribution in [0.4, 0.5) is 5.82 Å². The van der Waals surface area contributed by atoms with Crippen molar-refractivity contribution in [2.24, 2.45) is 0 Å². The van der Waals surface area contributed by atoms with Crippen molar-refractivity contribution in [3.8, 4) is 0 Å². The number of phosphoric acid groups is 1. The lowest BCUT2D eigenvalue weighted by molar-refractivity contribution is -0.0953. The van der Waals surface area contributed by atoms with Gasteiger partial charge in [0.15, 0.2) is 27.5 Å². The Bertz CT molecular complexity index is 1460. The zero-order valence-electron chi connectivity index (χ0n) is 19.9. The molecule has 6 atom stereocenters. The van der Waals surface area contributed by atoms with Crippen molar-refractivity contribution in [2.45, 2.75) is 48.4 Å². The number of nitrogens with two attached hydrogens (primary N) is 1. The Labute approximate surface area is 211 Å². The van der Waals surface area contributed by atoms with Gasteiger partial charge in [-0.15, -0.1) is 0 Å². The molecule has 2 fully saturated rings. The number of aromatic nitrogens is 4. The maximum atomic E-state index is 13.2. The fourth-order valence-corrected chi connectivity index (χ4v) is 6.34. The summed E-state index contributed by atoms with van der Waals surface area (Å²) in [6.07, 6.45) is -0.260. The minimum absolute atomic E-state index is 0.0618. The normalized spacial score (nSPS) is 32.6. The van der Waals surface area contributed by atoms with Crippen LogP contribution >= 0.6 is 7.82 Å². The van der Waals surface area contributed by atoms with Crippen molar-refractivity contribution < 1.29 is 41.5 Å². The summed E-state index contributed by atoms with van der Waals surface area (Å²) in [5.41, 5.74) is 5.24. The number of benzene rings is 1. The summed E-state index contributed by atoms with van der Waals surface area (Å²) < 4.78 is 60.3. The molecule has 16 heteroatoms. The monoisotopic (exact) mass is 555 g/mol. The number of anilines is 1. The standard InChI is InChI=1S/C21H26N5O9PS/c1-21(28)17(27)15(34-20(21)26-11-25-16-18(22)23-10-24-19(16)26)9-33-36(29)32-8-7-14(35-36)12-3-5-13(6-4-12)37(2,30)31/h3-6,10-11,14-15,17,20,27-28H,7-9H2,1-2H3,(H2,22,23,24)/t14-,15+,17+,20+,21+,36?/m0/s1. The molecule has 0 amide bonds. The summed E-state index contributed by atoms with van der Waals surface area (Å²) in [7, 11) is -7.44. The molecule has 2 aliphatic rings. The molecule has 2 aliphatic heterocycles. The maximum absolute atomic E-state index is 13.2. The van der Waals surface area contributed by atoms with Gasteiger partial charge in [-0.3, -0.25) is 18.1 Å². The molecule has 5 rings (SSSR count). The second kappa shape index (κ2) is 9.36. The molecule has 0 saturated carbocycles. The molecule has 4 N–H and O–H groups in total. The van der Waals surface area contributed by atoms with Gasteiger partial charge in [-0.1, -0.05) is 12.1 Å². The van der Waals surface area contributed by atoms with Crippen LogP contribution in [0.3, 0.4) is 0 Å². The summed E-state index contributed by atoms with van der Waals surface area (Å²) in [6, 6.07) is 6.04. The molecule has 1 aromatic carbocycles. The molecule has 0 spiro atoms. The van der Waals surface area contributed by atoms with E-state index < -0.39 is 54.4 Å². The van der Waals surface area contributed by atoms with Crippen molar-refractivity contribution in [3.05, 3.63) is 42.5 Å². The lowest BCUT2D eigenvalue weighted by Crippen LogP contribution is -2.44. The minimum atomic E-state index is -4.07. The Morgan fingerprint density at radius 3 is 2.70 bits per heavy atom. The largest absolute Gasteiger partial charge is 0.475 e. The van der Waals surface area contributed by atoms with E-state index in [0.717, 1.165) is 6.26 Å². The highest BCUT2D eigenvalue weighted by atomic mass is 32.2. The minimum Gasteiger partial charge on any atom is -0.387 e. The number of hydrogen-bond acceptors (Lipinski definition) is 13. The molecule has 0 aliphatic carbocycles. The Morgan fingerprint density at radius 1 is 1.27 bits per heavy atom. The molecule has 1 unspecified atom stereocenters. The summed E-state index contributed by atoms with van der Waals surface area (Å²) >= 11 is 0. The molecule has 0 bridgehead atoms. The first-order valence-electron chi connectivity index (χ1n) is 11.3. The number of ether oxygens (including phenoxy) is 1. The Balaban J connectivity index is 1.29. The summed E-state index contributed by atoms with van der Waals surface area (Å²) in [4.78, 5) is 12.3. The molecule has 2 saturated heterocycles. The van der Waals surface area contributed by atoms with Crippen LogP contribution < -0.4 is 5.73 Å². The third-order valence-electron chi connectivity index (χ3n) is 6.36. The molecule has 3 aromatic rings. The second-order valence-corrected chi connectivity index (χ2v) is 12.7. The zero-order valence-corrected chi connectivity index (χ0v) is 21.6. The first-order chi connectivity index (χ1) is 17.4. The molecular formula is C21H26N5O9PS. The van der Waals surface area contributed by atoms with Gasteiger partial charge in [0.1, 0.15) is 29.7 Å². The highest BCUT2D eigenvalue weighted by Gasteiger charge is 2.54. The van der Waals surface area contributed by atoms with Gasteiger partial charge >= 0.3 is 7.82 Å². The van der Waals surface area contributed by atoms with Crippen molar-refractivity contribution in [3.63, 3.8) is 0 Å². The molecule has 14 nitrogen and oxygen atoms in total. The van der Waals surface area contributed by atoms with Crippen LogP contribution in [-0.2, 0) is 32.7 Å². The number of nitrogens with zero attached hydrogens (tertiary/aromatic N) is 4. The van der Waals surface area contributed by atoms with E-state index in [9.17, 15) is 23.2 Å². The van der Waals surface area contributed by atoms with E-state index in [1.165, 1.54) is 36.3 Å². The van der Waals surface area contributed by atoms with Crippen LogP contribution in [0, 0.1) is 0 Å². The Kier molecular flexibility index (Phi) is 6.61. The maximum Gasteiger partial charge on any atom is 0.475 e. The number of aliphatic hydroxyl groups excluding tert-OH is 1. The van der Waals surface area contributed by atoms with Gasteiger partial charge in [0.05, 0.1) is 30.5 Å². The molecule has 0 radical (unpaired) electrons. The van der Waals surface area contributed by atoms with Crippen molar-refractivity contribution in [1.29, 1.82) is 0 Å².